The minimum Gasteiger partial charge on any atom is -0.410 e. The maximum Gasteiger partial charge on any atom is 0.415 e. The molecule has 1 saturated carbocycles. The number of hydrogen-bond acceptors (Lipinski definition) is 2. The van der Waals surface area contributed by atoms with Crippen LogP contribution in [0.2, 0.25) is 0 Å². The topological polar surface area (TPSA) is 29.5 Å². The summed E-state index contributed by atoms with van der Waals surface area (Å²) < 4.78 is 19.1. The predicted octanol–water partition coefficient (Wildman–Crippen LogP) is 3.99. The first-order valence-corrected chi connectivity index (χ1v) is 7.01. The number of amides is 1. The van der Waals surface area contributed by atoms with Crippen molar-refractivity contribution in [2.24, 2.45) is 0 Å². The summed E-state index contributed by atoms with van der Waals surface area (Å²) in [7, 11) is 0. The number of ether oxygens (including phenoxy) is 1. The zero-order chi connectivity index (χ0) is 14.7. The SMILES string of the molecule is O=C(Oc1ccccc1)N(Cc1ccccc1F)C1CC1. The first-order valence-electron chi connectivity index (χ1n) is 7.01. The van der Waals surface area contributed by atoms with Crippen molar-refractivity contribution < 1.29 is 13.9 Å². The molecule has 4 heteroatoms. The van der Waals surface area contributed by atoms with Crippen molar-refractivity contribution in [2.45, 2.75) is 25.4 Å². The van der Waals surface area contributed by atoms with Gasteiger partial charge in [0.25, 0.3) is 0 Å². The van der Waals surface area contributed by atoms with Crippen LogP contribution in [0.15, 0.2) is 54.6 Å². The molecule has 0 aromatic heterocycles. The lowest BCUT2D eigenvalue weighted by Crippen LogP contribution is -2.35. The molecule has 0 unspecified atom stereocenters. The van der Waals surface area contributed by atoms with Gasteiger partial charge in [0, 0.05) is 11.6 Å². The second-order valence-electron chi connectivity index (χ2n) is 5.13. The summed E-state index contributed by atoms with van der Waals surface area (Å²) in [5, 5.41) is 0. The molecular weight excluding hydrogens is 269 g/mol. The molecule has 2 aromatic carbocycles. The summed E-state index contributed by atoms with van der Waals surface area (Å²) >= 11 is 0. The minimum absolute atomic E-state index is 0.154. The van der Waals surface area contributed by atoms with Gasteiger partial charge >= 0.3 is 6.09 Å². The number of rotatable bonds is 4. The fourth-order valence-corrected chi connectivity index (χ4v) is 2.19. The Bertz CT molecular complexity index is 626. The Morgan fingerprint density at radius 3 is 2.43 bits per heavy atom. The number of para-hydroxylation sites is 1. The molecule has 0 heterocycles. The van der Waals surface area contributed by atoms with E-state index in [9.17, 15) is 9.18 Å². The van der Waals surface area contributed by atoms with Gasteiger partial charge in [-0.25, -0.2) is 9.18 Å². The Kier molecular flexibility index (Phi) is 3.86. The lowest BCUT2D eigenvalue weighted by atomic mass is 10.2. The van der Waals surface area contributed by atoms with Crippen LogP contribution < -0.4 is 4.74 Å². The summed E-state index contributed by atoms with van der Waals surface area (Å²) in [6.07, 6.45) is 1.46. The van der Waals surface area contributed by atoms with E-state index in [2.05, 4.69) is 0 Å². The second kappa shape index (κ2) is 5.95. The van der Waals surface area contributed by atoms with E-state index < -0.39 is 6.09 Å². The van der Waals surface area contributed by atoms with Crippen LogP contribution in [0.1, 0.15) is 18.4 Å². The number of hydrogen-bond donors (Lipinski definition) is 0. The molecule has 2 aromatic rings. The van der Waals surface area contributed by atoms with Crippen molar-refractivity contribution in [3.05, 3.63) is 66.0 Å². The molecule has 3 nitrogen and oxygen atoms in total. The van der Waals surface area contributed by atoms with E-state index in [4.69, 9.17) is 4.74 Å². The van der Waals surface area contributed by atoms with E-state index in [0.717, 1.165) is 12.8 Å². The fourth-order valence-electron chi connectivity index (χ4n) is 2.19. The highest BCUT2D eigenvalue weighted by Gasteiger charge is 2.34. The van der Waals surface area contributed by atoms with E-state index >= 15 is 0 Å². The first kappa shape index (κ1) is 13.6. The zero-order valence-electron chi connectivity index (χ0n) is 11.5. The average Bonchev–Trinajstić information content (AvgIpc) is 3.32. The van der Waals surface area contributed by atoms with Gasteiger partial charge in [0.15, 0.2) is 0 Å². The largest absolute Gasteiger partial charge is 0.415 e. The summed E-state index contributed by atoms with van der Waals surface area (Å²) in [5.74, 6) is 0.206. The van der Waals surface area contributed by atoms with Crippen molar-refractivity contribution in [3.63, 3.8) is 0 Å². The van der Waals surface area contributed by atoms with Crippen molar-refractivity contribution in [3.8, 4) is 5.75 Å². The van der Waals surface area contributed by atoms with Gasteiger partial charge in [-0.2, -0.15) is 0 Å². The Morgan fingerprint density at radius 1 is 1.10 bits per heavy atom. The smallest absolute Gasteiger partial charge is 0.410 e. The highest BCUT2D eigenvalue weighted by atomic mass is 19.1. The second-order valence-corrected chi connectivity index (χ2v) is 5.13. The Labute approximate surface area is 123 Å². The first-order chi connectivity index (χ1) is 10.2. The van der Waals surface area contributed by atoms with Crippen LogP contribution in [-0.4, -0.2) is 17.0 Å². The molecule has 1 fully saturated rings. The Hall–Kier alpha value is -2.36. The Balaban J connectivity index is 1.73. The third-order valence-electron chi connectivity index (χ3n) is 3.47. The minimum atomic E-state index is -0.424. The average molecular weight is 285 g/mol. The fraction of sp³-hybridized carbons (Fsp3) is 0.235. The van der Waals surface area contributed by atoms with Gasteiger partial charge < -0.3 is 9.64 Å². The Morgan fingerprint density at radius 2 is 1.76 bits per heavy atom. The van der Waals surface area contributed by atoms with Crippen LogP contribution in [0, 0.1) is 5.82 Å². The quantitative estimate of drug-likeness (QED) is 0.850. The summed E-state index contributed by atoms with van der Waals surface area (Å²) in [6, 6.07) is 15.6. The van der Waals surface area contributed by atoms with Gasteiger partial charge in [-0.3, -0.25) is 0 Å². The molecule has 3 rings (SSSR count). The molecule has 0 atom stereocenters. The van der Waals surface area contributed by atoms with Gasteiger partial charge in [-0.05, 0) is 31.0 Å². The molecule has 0 saturated heterocycles. The van der Waals surface area contributed by atoms with E-state index in [1.807, 2.05) is 6.07 Å². The lowest BCUT2D eigenvalue weighted by Gasteiger charge is -2.22. The van der Waals surface area contributed by atoms with Crippen molar-refractivity contribution in [2.75, 3.05) is 0 Å². The maximum atomic E-state index is 13.7. The number of benzene rings is 2. The maximum absolute atomic E-state index is 13.7. The summed E-state index contributed by atoms with van der Waals surface area (Å²) in [5.41, 5.74) is 0.509. The van der Waals surface area contributed by atoms with E-state index in [-0.39, 0.29) is 18.4 Å². The van der Waals surface area contributed by atoms with Gasteiger partial charge in [-0.1, -0.05) is 36.4 Å². The molecule has 1 aliphatic carbocycles. The van der Waals surface area contributed by atoms with Crippen LogP contribution in [-0.2, 0) is 6.54 Å². The highest BCUT2D eigenvalue weighted by Crippen LogP contribution is 2.29. The van der Waals surface area contributed by atoms with Crippen molar-refractivity contribution in [1.82, 2.24) is 4.90 Å². The third kappa shape index (κ3) is 3.40. The molecule has 0 radical (unpaired) electrons. The molecule has 108 valence electrons. The standard InChI is InChI=1S/C17H16FNO2/c18-16-9-5-4-6-13(16)12-19(14-10-11-14)17(20)21-15-7-2-1-3-8-15/h1-9,14H,10-12H2. The summed E-state index contributed by atoms with van der Waals surface area (Å²) in [4.78, 5) is 13.9. The monoisotopic (exact) mass is 285 g/mol. The predicted molar refractivity (Wildman–Crippen MR) is 77.4 cm³/mol. The molecule has 21 heavy (non-hydrogen) atoms. The molecule has 0 N–H and O–H groups in total. The third-order valence-corrected chi connectivity index (χ3v) is 3.47. The van der Waals surface area contributed by atoms with Crippen LogP contribution in [0.25, 0.3) is 0 Å². The number of halogens is 1. The number of nitrogens with zero attached hydrogens (tertiary/aromatic N) is 1. The molecule has 0 bridgehead atoms. The molecule has 0 spiro atoms. The molecule has 1 amide bonds. The molecular formula is C17H16FNO2. The lowest BCUT2D eigenvalue weighted by molar-refractivity contribution is 0.145. The normalized spacial score (nSPS) is 13.8. The van der Waals surface area contributed by atoms with Crippen LogP contribution in [0.4, 0.5) is 9.18 Å². The number of carbonyl (C=O) groups is 1. The van der Waals surface area contributed by atoms with E-state index in [1.165, 1.54) is 6.07 Å². The van der Waals surface area contributed by atoms with Crippen LogP contribution in [0.5, 0.6) is 5.75 Å². The van der Waals surface area contributed by atoms with E-state index in [0.29, 0.717) is 11.3 Å². The molecule has 0 aliphatic heterocycles. The van der Waals surface area contributed by atoms with Crippen molar-refractivity contribution >= 4 is 6.09 Å². The van der Waals surface area contributed by atoms with Crippen LogP contribution >= 0.6 is 0 Å². The molecule has 1 aliphatic rings. The van der Waals surface area contributed by atoms with Gasteiger partial charge in [0.05, 0.1) is 6.54 Å². The zero-order valence-corrected chi connectivity index (χ0v) is 11.5. The highest BCUT2D eigenvalue weighted by molar-refractivity contribution is 5.71. The number of carbonyl (C=O) groups excluding carboxylic acids is 1. The van der Waals surface area contributed by atoms with Gasteiger partial charge in [0.1, 0.15) is 11.6 Å². The van der Waals surface area contributed by atoms with Crippen molar-refractivity contribution in [1.29, 1.82) is 0 Å². The van der Waals surface area contributed by atoms with E-state index in [1.54, 1.807) is 47.4 Å². The van der Waals surface area contributed by atoms with Crippen LogP contribution in [0.3, 0.4) is 0 Å². The summed E-state index contributed by atoms with van der Waals surface area (Å²) in [6.45, 7) is 0.239. The van der Waals surface area contributed by atoms with Gasteiger partial charge in [-0.15, -0.1) is 0 Å². The van der Waals surface area contributed by atoms with Gasteiger partial charge in [0.2, 0.25) is 0 Å².